The van der Waals surface area contributed by atoms with Gasteiger partial charge in [-0.3, -0.25) is 14.5 Å². The number of hydrogen-bond donors (Lipinski definition) is 1. The lowest BCUT2D eigenvalue weighted by molar-refractivity contribution is -0.117. The van der Waals surface area contributed by atoms with Gasteiger partial charge in [-0.05, 0) is 48.7 Å². The van der Waals surface area contributed by atoms with E-state index in [0.29, 0.717) is 22.2 Å². The first-order valence-corrected chi connectivity index (χ1v) is 12.0. The molecule has 0 spiro atoms. The number of nitrogens with zero attached hydrogens (tertiary/aromatic N) is 2. The second kappa shape index (κ2) is 10.6. The van der Waals surface area contributed by atoms with Gasteiger partial charge in [-0.1, -0.05) is 83.5 Å². The molecule has 34 heavy (non-hydrogen) atoms. The summed E-state index contributed by atoms with van der Waals surface area (Å²) in [6, 6.07) is 26.3. The molecule has 1 N–H and O–H groups in total. The van der Waals surface area contributed by atoms with E-state index in [1.54, 1.807) is 24.3 Å². The average molecular weight is 488 g/mol. The summed E-state index contributed by atoms with van der Waals surface area (Å²) >= 11 is 7.29. The largest absolute Gasteiger partial charge is 0.347 e. The van der Waals surface area contributed by atoms with Gasteiger partial charge in [0.25, 0.3) is 5.91 Å². The number of halogens is 1. The summed E-state index contributed by atoms with van der Waals surface area (Å²) in [7, 11) is 0. The Labute approximate surface area is 208 Å². The van der Waals surface area contributed by atoms with Crippen molar-refractivity contribution in [3.8, 4) is 6.07 Å². The van der Waals surface area contributed by atoms with Gasteiger partial charge < -0.3 is 5.32 Å². The maximum atomic E-state index is 13.5. The number of rotatable bonds is 6. The van der Waals surface area contributed by atoms with Gasteiger partial charge in [-0.2, -0.15) is 5.26 Å². The Morgan fingerprint density at radius 2 is 1.71 bits per heavy atom. The highest BCUT2D eigenvalue weighted by Gasteiger charge is 2.40. The van der Waals surface area contributed by atoms with Crippen molar-refractivity contribution in [1.29, 1.82) is 5.26 Å². The van der Waals surface area contributed by atoms with Crippen LogP contribution in [-0.4, -0.2) is 17.1 Å². The molecule has 1 atom stereocenters. The van der Waals surface area contributed by atoms with Crippen molar-refractivity contribution in [3.05, 3.63) is 111 Å². The lowest BCUT2D eigenvalue weighted by Gasteiger charge is -2.19. The van der Waals surface area contributed by atoms with Crippen LogP contribution in [0.2, 0.25) is 5.02 Å². The Balaban J connectivity index is 1.66. The van der Waals surface area contributed by atoms with Crippen molar-refractivity contribution in [2.75, 3.05) is 4.90 Å². The van der Waals surface area contributed by atoms with Crippen LogP contribution in [0.5, 0.6) is 0 Å². The molecule has 0 saturated carbocycles. The van der Waals surface area contributed by atoms with Gasteiger partial charge in [-0.25, -0.2) is 0 Å². The fourth-order valence-electron chi connectivity index (χ4n) is 3.62. The summed E-state index contributed by atoms with van der Waals surface area (Å²) in [6.07, 6.45) is 0.488. The van der Waals surface area contributed by atoms with Crippen molar-refractivity contribution < 1.29 is 9.59 Å². The first kappa shape index (κ1) is 23.6. The molecule has 170 valence electrons. The molecule has 1 aliphatic rings. The van der Waals surface area contributed by atoms with Crippen molar-refractivity contribution in [2.45, 2.75) is 25.1 Å². The maximum absolute atomic E-state index is 13.5. The summed E-state index contributed by atoms with van der Waals surface area (Å²) in [5.41, 5.74) is 3.54. The second-order valence-corrected chi connectivity index (χ2v) is 9.53. The summed E-state index contributed by atoms with van der Waals surface area (Å²) in [5.74, 6) is -0.692. The van der Waals surface area contributed by atoms with Crippen LogP contribution in [0.4, 0.5) is 5.69 Å². The number of thioether (sulfide) groups is 1. The highest BCUT2D eigenvalue weighted by atomic mass is 35.5. The zero-order valence-corrected chi connectivity index (χ0v) is 20.1. The van der Waals surface area contributed by atoms with Crippen LogP contribution in [0.3, 0.4) is 0 Å². The number of carbonyl (C=O) groups excluding carboxylic acids is 2. The molecule has 0 unspecified atom stereocenters. The van der Waals surface area contributed by atoms with Gasteiger partial charge in [0, 0.05) is 17.3 Å². The smallest absolute Gasteiger partial charge is 0.264 e. The minimum absolute atomic E-state index is 0.0874. The summed E-state index contributed by atoms with van der Waals surface area (Å²) in [5, 5.41) is 13.1. The third-order valence-corrected chi connectivity index (χ3v) is 6.94. The third-order valence-electron chi connectivity index (χ3n) is 5.43. The first-order valence-electron chi connectivity index (χ1n) is 10.7. The zero-order valence-electron chi connectivity index (χ0n) is 18.5. The summed E-state index contributed by atoms with van der Waals surface area (Å²) < 4.78 is 0. The molecule has 1 heterocycles. The molecule has 2 amide bonds. The van der Waals surface area contributed by atoms with Gasteiger partial charge in [0.1, 0.15) is 16.7 Å². The molecule has 5 nitrogen and oxygen atoms in total. The molecule has 0 aromatic heterocycles. The van der Waals surface area contributed by atoms with Crippen LogP contribution in [-0.2, 0) is 22.6 Å². The SMILES string of the molecule is Cc1ccc(C[C@H]2S/C(=C(/C#N)C(=O)NCc3ccccc3)N(c3ccc(Cl)cc3)C2=O)cc1. The number of anilines is 1. The van der Waals surface area contributed by atoms with Crippen LogP contribution in [0.15, 0.2) is 89.5 Å². The Hall–Kier alpha value is -3.53. The normalized spacial score (nSPS) is 16.8. The number of hydrogen-bond acceptors (Lipinski definition) is 4. The monoisotopic (exact) mass is 487 g/mol. The van der Waals surface area contributed by atoms with Gasteiger partial charge in [0.15, 0.2) is 0 Å². The highest BCUT2D eigenvalue weighted by Crippen LogP contribution is 2.42. The molecule has 7 heteroatoms. The topological polar surface area (TPSA) is 73.2 Å². The maximum Gasteiger partial charge on any atom is 0.264 e. The number of carbonyl (C=O) groups is 2. The lowest BCUT2D eigenvalue weighted by Crippen LogP contribution is -2.32. The van der Waals surface area contributed by atoms with E-state index < -0.39 is 11.2 Å². The molecule has 0 bridgehead atoms. The van der Waals surface area contributed by atoms with Crippen LogP contribution in [0.1, 0.15) is 16.7 Å². The minimum Gasteiger partial charge on any atom is -0.347 e. The average Bonchev–Trinajstić information content (AvgIpc) is 3.16. The van der Waals surface area contributed by atoms with Gasteiger partial charge in [0.05, 0.1) is 5.25 Å². The van der Waals surface area contributed by atoms with Crippen molar-refractivity contribution in [2.24, 2.45) is 0 Å². The van der Waals surface area contributed by atoms with E-state index in [1.807, 2.05) is 67.6 Å². The number of aryl methyl sites for hydroxylation is 1. The third kappa shape index (κ3) is 5.33. The molecular weight excluding hydrogens is 466 g/mol. The zero-order chi connectivity index (χ0) is 24.1. The van der Waals surface area contributed by atoms with Gasteiger partial charge >= 0.3 is 0 Å². The minimum atomic E-state index is -0.517. The van der Waals surface area contributed by atoms with Gasteiger partial charge in [0.2, 0.25) is 5.91 Å². The van der Waals surface area contributed by atoms with Crippen molar-refractivity contribution in [1.82, 2.24) is 5.32 Å². The molecule has 1 fully saturated rings. The first-order chi connectivity index (χ1) is 16.5. The van der Waals surface area contributed by atoms with E-state index in [0.717, 1.165) is 16.7 Å². The number of amides is 2. The van der Waals surface area contributed by atoms with Crippen LogP contribution >= 0.6 is 23.4 Å². The Morgan fingerprint density at radius 1 is 1.03 bits per heavy atom. The molecule has 3 aromatic carbocycles. The molecule has 4 rings (SSSR count). The molecule has 0 aliphatic carbocycles. The van der Waals surface area contributed by atoms with Crippen molar-refractivity contribution in [3.63, 3.8) is 0 Å². The van der Waals surface area contributed by atoms with Crippen molar-refractivity contribution >= 4 is 40.9 Å². The van der Waals surface area contributed by atoms with E-state index >= 15 is 0 Å². The summed E-state index contributed by atoms with van der Waals surface area (Å²) in [4.78, 5) is 28.0. The number of benzene rings is 3. The van der Waals surface area contributed by atoms with E-state index in [-0.39, 0.29) is 18.0 Å². The number of nitrogens with one attached hydrogen (secondary N) is 1. The highest BCUT2D eigenvalue weighted by molar-refractivity contribution is 8.05. The van der Waals surface area contributed by atoms with Crippen LogP contribution < -0.4 is 10.2 Å². The summed E-state index contributed by atoms with van der Waals surface area (Å²) in [6.45, 7) is 2.29. The van der Waals surface area contributed by atoms with E-state index in [9.17, 15) is 14.9 Å². The Kier molecular flexibility index (Phi) is 7.36. The standard InChI is InChI=1S/C27H22ClN3O2S/c1-18-7-9-19(10-8-18)15-24-26(33)31(22-13-11-21(28)12-14-22)27(34-24)23(16-29)25(32)30-17-20-5-3-2-4-6-20/h2-14,24H,15,17H2,1H3,(H,30,32)/b27-23-/t24-/m1/s1. The quantitative estimate of drug-likeness (QED) is 0.373. The predicted octanol–water partition coefficient (Wildman–Crippen LogP) is 5.39. The predicted molar refractivity (Wildman–Crippen MR) is 136 cm³/mol. The molecule has 0 radical (unpaired) electrons. The van der Waals surface area contributed by atoms with E-state index in [1.165, 1.54) is 16.7 Å². The molecule has 1 saturated heterocycles. The molecule has 1 aliphatic heterocycles. The second-order valence-electron chi connectivity index (χ2n) is 7.91. The van der Waals surface area contributed by atoms with E-state index in [4.69, 9.17) is 11.6 Å². The fraction of sp³-hybridized carbons (Fsp3) is 0.148. The fourth-order valence-corrected chi connectivity index (χ4v) is 5.05. The van der Waals surface area contributed by atoms with E-state index in [2.05, 4.69) is 5.32 Å². The van der Waals surface area contributed by atoms with Crippen LogP contribution in [0, 0.1) is 18.3 Å². The number of nitriles is 1. The lowest BCUT2D eigenvalue weighted by atomic mass is 10.1. The Bertz CT molecular complexity index is 1270. The van der Waals surface area contributed by atoms with Crippen LogP contribution in [0.25, 0.3) is 0 Å². The molecular formula is C27H22ClN3O2S. The van der Waals surface area contributed by atoms with Gasteiger partial charge in [-0.15, -0.1) is 0 Å². The Morgan fingerprint density at radius 3 is 2.35 bits per heavy atom. The molecule has 3 aromatic rings.